The molecule has 0 aromatic heterocycles. The molecule has 0 saturated heterocycles. The lowest BCUT2D eigenvalue weighted by atomic mass is 9.88. The van der Waals surface area contributed by atoms with Crippen LogP contribution in [0.1, 0.15) is 29.7 Å². The highest BCUT2D eigenvalue weighted by Gasteiger charge is 2.33. The van der Waals surface area contributed by atoms with E-state index in [-0.39, 0.29) is 12.1 Å². The first kappa shape index (κ1) is 19.3. The number of amides is 2. The average molecular weight is 407 g/mol. The zero-order valence-corrected chi connectivity index (χ0v) is 17.0. The summed E-state index contributed by atoms with van der Waals surface area (Å²) in [4.78, 5) is 15.1. The summed E-state index contributed by atoms with van der Waals surface area (Å²) in [7, 11) is 0. The van der Waals surface area contributed by atoms with Gasteiger partial charge < -0.3 is 15.0 Å². The molecule has 0 fully saturated rings. The Labute approximate surface area is 176 Å². The summed E-state index contributed by atoms with van der Waals surface area (Å²) in [6.45, 7) is 3.17. The zero-order valence-electron chi connectivity index (χ0n) is 16.3. The molecule has 3 aromatic carbocycles. The maximum absolute atomic E-state index is 13.2. The van der Waals surface area contributed by atoms with Gasteiger partial charge in [-0.2, -0.15) is 0 Å². The number of fused-ring (bicyclic) bond motifs is 1. The van der Waals surface area contributed by atoms with E-state index in [1.165, 1.54) is 5.56 Å². The van der Waals surface area contributed by atoms with Gasteiger partial charge in [0.15, 0.2) is 0 Å². The maximum atomic E-state index is 13.2. The number of hydrogen-bond acceptors (Lipinski definition) is 2. The van der Waals surface area contributed by atoms with Crippen molar-refractivity contribution in [1.29, 1.82) is 0 Å². The molecule has 0 aliphatic carbocycles. The van der Waals surface area contributed by atoms with Gasteiger partial charge >= 0.3 is 6.03 Å². The number of urea groups is 1. The van der Waals surface area contributed by atoms with Crippen molar-refractivity contribution >= 4 is 23.3 Å². The minimum atomic E-state index is -0.226. The third kappa shape index (κ3) is 4.08. The largest absolute Gasteiger partial charge is 0.494 e. The van der Waals surface area contributed by atoms with E-state index in [1.54, 1.807) is 0 Å². The normalized spacial score (nSPS) is 15.5. The molecule has 29 heavy (non-hydrogen) atoms. The molecule has 5 heteroatoms. The molecule has 3 aromatic rings. The molecule has 0 spiro atoms. The SMILES string of the molecule is CCOc1ccc(NC(=O)N2CCc3ccccc3[C@@H]2c2ccccc2Cl)cc1. The number of hydrogen-bond donors (Lipinski definition) is 1. The van der Waals surface area contributed by atoms with Crippen LogP contribution in [-0.4, -0.2) is 24.1 Å². The minimum Gasteiger partial charge on any atom is -0.494 e. The Hall–Kier alpha value is -2.98. The molecule has 4 nitrogen and oxygen atoms in total. The van der Waals surface area contributed by atoms with E-state index in [1.807, 2.05) is 72.5 Å². The van der Waals surface area contributed by atoms with Gasteiger partial charge in [-0.05, 0) is 60.4 Å². The van der Waals surface area contributed by atoms with Crippen LogP contribution in [0.15, 0.2) is 72.8 Å². The van der Waals surface area contributed by atoms with E-state index in [0.29, 0.717) is 18.2 Å². The van der Waals surface area contributed by atoms with Crippen LogP contribution in [-0.2, 0) is 6.42 Å². The second kappa shape index (κ2) is 8.58. The van der Waals surface area contributed by atoms with Crippen LogP contribution in [0.2, 0.25) is 5.02 Å². The molecule has 1 aliphatic rings. The molecule has 1 aliphatic heterocycles. The number of carbonyl (C=O) groups excluding carboxylic acids is 1. The third-order valence-electron chi connectivity index (χ3n) is 5.16. The molecule has 0 unspecified atom stereocenters. The van der Waals surface area contributed by atoms with Crippen LogP contribution in [0.25, 0.3) is 0 Å². The van der Waals surface area contributed by atoms with Gasteiger partial charge in [0.05, 0.1) is 12.6 Å². The number of ether oxygens (including phenoxy) is 1. The summed E-state index contributed by atoms with van der Waals surface area (Å²) < 4.78 is 5.47. The standard InChI is InChI=1S/C24H23ClN2O2/c1-2-29-19-13-11-18(12-14-19)26-24(28)27-16-15-17-7-3-4-8-20(17)23(27)21-9-5-6-10-22(21)25/h3-14,23H,2,15-16H2,1H3,(H,26,28)/t23-/m1/s1. The molecule has 148 valence electrons. The van der Waals surface area contributed by atoms with Gasteiger partial charge in [-0.1, -0.05) is 54.1 Å². The fourth-order valence-electron chi connectivity index (χ4n) is 3.81. The molecular weight excluding hydrogens is 384 g/mol. The summed E-state index contributed by atoms with van der Waals surface area (Å²) in [6, 6.07) is 23.0. The summed E-state index contributed by atoms with van der Waals surface area (Å²) in [6.07, 6.45) is 0.813. The Bertz CT molecular complexity index is 1000. The van der Waals surface area contributed by atoms with Crippen LogP contribution in [0.4, 0.5) is 10.5 Å². The second-order valence-corrected chi connectivity index (χ2v) is 7.36. The first-order chi connectivity index (χ1) is 14.2. The minimum absolute atomic E-state index is 0.145. The van der Waals surface area contributed by atoms with Gasteiger partial charge in [-0.3, -0.25) is 0 Å². The molecule has 0 bridgehead atoms. The van der Waals surface area contributed by atoms with Crippen molar-refractivity contribution in [3.63, 3.8) is 0 Å². The number of rotatable bonds is 4. The Morgan fingerprint density at radius 2 is 1.72 bits per heavy atom. The van der Waals surface area contributed by atoms with E-state index < -0.39 is 0 Å². The van der Waals surface area contributed by atoms with Crippen molar-refractivity contribution in [2.45, 2.75) is 19.4 Å². The predicted molar refractivity (Wildman–Crippen MR) is 117 cm³/mol. The number of anilines is 1. The van der Waals surface area contributed by atoms with E-state index in [2.05, 4.69) is 17.4 Å². The van der Waals surface area contributed by atoms with E-state index >= 15 is 0 Å². The van der Waals surface area contributed by atoms with Crippen molar-refractivity contribution < 1.29 is 9.53 Å². The van der Waals surface area contributed by atoms with Crippen LogP contribution in [0.5, 0.6) is 5.75 Å². The maximum Gasteiger partial charge on any atom is 0.322 e. The highest BCUT2D eigenvalue weighted by Crippen LogP contribution is 2.38. The van der Waals surface area contributed by atoms with Gasteiger partial charge in [0.1, 0.15) is 5.75 Å². The van der Waals surface area contributed by atoms with Crippen molar-refractivity contribution in [1.82, 2.24) is 4.90 Å². The smallest absolute Gasteiger partial charge is 0.322 e. The van der Waals surface area contributed by atoms with Crippen molar-refractivity contribution in [3.8, 4) is 5.75 Å². The lowest BCUT2D eigenvalue weighted by Crippen LogP contribution is -2.43. The Morgan fingerprint density at radius 3 is 2.45 bits per heavy atom. The van der Waals surface area contributed by atoms with E-state index in [9.17, 15) is 4.79 Å². The lowest BCUT2D eigenvalue weighted by Gasteiger charge is -2.38. The topological polar surface area (TPSA) is 41.6 Å². The molecule has 4 rings (SSSR count). The second-order valence-electron chi connectivity index (χ2n) is 6.95. The number of benzene rings is 3. The number of nitrogens with zero attached hydrogens (tertiary/aromatic N) is 1. The first-order valence-electron chi connectivity index (χ1n) is 9.80. The fraction of sp³-hybridized carbons (Fsp3) is 0.208. The monoisotopic (exact) mass is 406 g/mol. The number of halogens is 1. The molecule has 1 heterocycles. The molecule has 0 radical (unpaired) electrons. The molecule has 1 N–H and O–H groups in total. The van der Waals surface area contributed by atoms with Gasteiger partial charge in [-0.15, -0.1) is 0 Å². The van der Waals surface area contributed by atoms with Gasteiger partial charge in [0.2, 0.25) is 0 Å². The van der Waals surface area contributed by atoms with Crippen LogP contribution in [0.3, 0.4) is 0 Å². The quantitative estimate of drug-likeness (QED) is 0.584. The van der Waals surface area contributed by atoms with Gasteiger partial charge in [-0.25, -0.2) is 4.79 Å². The summed E-state index contributed by atoms with van der Waals surface area (Å²) in [5.41, 5.74) is 4.04. The Balaban J connectivity index is 1.64. The average Bonchev–Trinajstić information content (AvgIpc) is 2.75. The van der Waals surface area contributed by atoms with Crippen molar-refractivity contribution in [2.24, 2.45) is 0 Å². The highest BCUT2D eigenvalue weighted by atomic mass is 35.5. The highest BCUT2D eigenvalue weighted by molar-refractivity contribution is 6.31. The predicted octanol–water partition coefficient (Wildman–Crippen LogP) is 5.92. The first-order valence-corrected chi connectivity index (χ1v) is 10.2. The lowest BCUT2D eigenvalue weighted by molar-refractivity contribution is 0.194. The molecule has 0 saturated carbocycles. The fourth-order valence-corrected chi connectivity index (χ4v) is 4.05. The summed E-state index contributed by atoms with van der Waals surface area (Å²) >= 11 is 6.53. The number of nitrogens with one attached hydrogen (secondary N) is 1. The summed E-state index contributed by atoms with van der Waals surface area (Å²) in [5.74, 6) is 0.784. The third-order valence-corrected chi connectivity index (χ3v) is 5.50. The molecule has 2 amide bonds. The Kier molecular flexibility index (Phi) is 5.72. The molecular formula is C24H23ClN2O2. The van der Waals surface area contributed by atoms with Crippen LogP contribution < -0.4 is 10.1 Å². The number of carbonyl (C=O) groups is 1. The zero-order chi connectivity index (χ0) is 20.2. The van der Waals surface area contributed by atoms with Crippen molar-refractivity contribution in [2.75, 3.05) is 18.5 Å². The van der Waals surface area contributed by atoms with E-state index in [4.69, 9.17) is 16.3 Å². The van der Waals surface area contributed by atoms with Crippen LogP contribution >= 0.6 is 11.6 Å². The van der Waals surface area contributed by atoms with E-state index in [0.717, 1.165) is 29.0 Å². The van der Waals surface area contributed by atoms with Gasteiger partial charge in [0.25, 0.3) is 0 Å². The Morgan fingerprint density at radius 1 is 1.03 bits per heavy atom. The van der Waals surface area contributed by atoms with Gasteiger partial charge in [0, 0.05) is 17.3 Å². The van der Waals surface area contributed by atoms with Crippen LogP contribution in [0, 0.1) is 0 Å². The van der Waals surface area contributed by atoms with Crippen molar-refractivity contribution in [3.05, 3.63) is 94.5 Å². The molecule has 1 atom stereocenters. The summed E-state index contributed by atoms with van der Waals surface area (Å²) in [5, 5.41) is 3.68.